The Hall–Kier alpha value is -0.980. The summed E-state index contributed by atoms with van der Waals surface area (Å²) in [6.45, 7) is 6.57. The maximum absolute atomic E-state index is 5.52. The average molecular weight is 310 g/mol. The standard InChI is InChI=1S/C15H20BrNO/c1-4-9-18-15-6-5-14(16)10-13(15)11-17-8-7-12(2)3/h1,5-6,10,12,17H,7-9,11H2,2-3H3. The van der Waals surface area contributed by atoms with Crippen molar-refractivity contribution < 1.29 is 4.74 Å². The van der Waals surface area contributed by atoms with Gasteiger partial charge in [-0.1, -0.05) is 35.7 Å². The van der Waals surface area contributed by atoms with Gasteiger partial charge in [0.25, 0.3) is 0 Å². The van der Waals surface area contributed by atoms with Gasteiger partial charge < -0.3 is 10.1 Å². The second-order valence-electron chi connectivity index (χ2n) is 4.60. The van der Waals surface area contributed by atoms with Crippen LogP contribution in [0.5, 0.6) is 5.75 Å². The Balaban J connectivity index is 2.56. The van der Waals surface area contributed by atoms with Crippen LogP contribution in [0.25, 0.3) is 0 Å². The third-order valence-corrected chi connectivity index (χ3v) is 3.04. The van der Waals surface area contributed by atoms with E-state index in [2.05, 4.69) is 47.1 Å². The minimum Gasteiger partial charge on any atom is -0.481 e. The van der Waals surface area contributed by atoms with Gasteiger partial charge in [0, 0.05) is 16.6 Å². The van der Waals surface area contributed by atoms with Crippen molar-refractivity contribution >= 4 is 15.9 Å². The Morgan fingerprint density at radius 3 is 2.89 bits per heavy atom. The zero-order valence-electron chi connectivity index (χ0n) is 11.0. The van der Waals surface area contributed by atoms with Gasteiger partial charge in [-0.25, -0.2) is 0 Å². The highest BCUT2D eigenvalue weighted by molar-refractivity contribution is 9.10. The molecule has 98 valence electrons. The number of hydrogen-bond donors (Lipinski definition) is 1. The van der Waals surface area contributed by atoms with E-state index in [4.69, 9.17) is 11.2 Å². The zero-order chi connectivity index (χ0) is 13.4. The fraction of sp³-hybridized carbons (Fsp3) is 0.467. The molecule has 3 heteroatoms. The zero-order valence-corrected chi connectivity index (χ0v) is 12.6. The van der Waals surface area contributed by atoms with Crippen molar-refractivity contribution in [2.24, 2.45) is 5.92 Å². The maximum Gasteiger partial charge on any atom is 0.148 e. The normalized spacial score (nSPS) is 10.4. The Morgan fingerprint density at radius 1 is 1.44 bits per heavy atom. The van der Waals surface area contributed by atoms with Gasteiger partial charge in [-0.2, -0.15) is 0 Å². The van der Waals surface area contributed by atoms with Gasteiger partial charge >= 0.3 is 0 Å². The minimum absolute atomic E-state index is 0.306. The van der Waals surface area contributed by atoms with Crippen molar-refractivity contribution in [3.63, 3.8) is 0 Å². The topological polar surface area (TPSA) is 21.3 Å². The number of nitrogens with one attached hydrogen (secondary N) is 1. The molecule has 0 aliphatic heterocycles. The van der Waals surface area contributed by atoms with E-state index in [0.717, 1.165) is 34.8 Å². The Morgan fingerprint density at radius 2 is 2.22 bits per heavy atom. The van der Waals surface area contributed by atoms with Crippen LogP contribution in [0.2, 0.25) is 0 Å². The molecule has 0 unspecified atom stereocenters. The van der Waals surface area contributed by atoms with Gasteiger partial charge in [-0.05, 0) is 37.1 Å². The van der Waals surface area contributed by atoms with Crippen LogP contribution < -0.4 is 10.1 Å². The van der Waals surface area contributed by atoms with Crippen LogP contribution in [0, 0.1) is 18.3 Å². The molecule has 0 saturated heterocycles. The lowest BCUT2D eigenvalue weighted by molar-refractivity contribution is 0.364. The molecule has 0 aliphatic rings. The third-order valence-electron chi connectivity index (χ3n) is 2.55. The predicted molar refractivity (Wildman–Crippen MR) is 79.6 cm³/mol. The van der Waals surface area contributed by atoms with Crippen LogP contribution in [0.4, 0.5) is 0 Å². The molecule has 0 spiro atoms. The summed E-state index contributed by atoms with van der Waals surface area (Å²) in [6.07, 6.45) is 6.39. The van der Waals surface area contributed by atoms with Crippen LogP contribution in [0.3, 0.4) is 0 Å². The molecule has 1 aromatic rings. The summed E-state index contributed by atoms with van der Waals surface area (Å²) in [5.74, 6) is 4.06. The monoisotopic (exact) mass is 309 g/mol. The molecule has 0 bridgehead atoms. The predicted octanol–water partition coefficient (Wildman–Crippen LogP) is 3.60. The summed E-state index contributed by atoms with van der Waals surface area (Å²) in [7, 11) is 0. The highest BCUT2D eigenvalue weighted by Crippen LogP contribution is 2.23. The number of halogens is 1. The van der Waals surface area contributed by atoms with Gasteiger partial charge in [0.05, 0.1) is 0 Å². The van der Waals surface area contributed by atoms with Gasteiger partial charge in [-0.15, -0.1) is 6.42 Å². The molecule has 0 radical (unpaired) electrons. The molecular weight excluding hydrogens is 290 g/mol. The number of hydrogen-bond acceptors (Lipinski definition) is 2. The molecule has 0 aliphatic carbocycles. The third kappa shape index (κ3) is 5.57. The quantitative estimate of drug-likeness (QED) is 0.614. The Bertz CT molecular complexity index is 409. The molecular formula is C15H20BrNO. The van der Waals surface area contributed by atoms with Gasteiger partial charge in [0.15, 0.2) is 0 Å². The largest absolute Gasteiger partial charge is 0.481 e. The van der Waals surface area contributed by atoms with Crippen LogP contribution in [0.15, 0.2) is 22.7 Å². The van der Waals surface area contributed by atoms with Gasteiger partial charge in [0.2, 0.25) is 0 Å². The molecule has 0 fully saturated rings. The van der Waals surface area contributed by atoms with Crippen molar-refractivity contribution in [3.05, 3.63) is 28.2 Å². The van der Waals surface area contributed by atoms with Crippen molar-refractivity contribution in [3.8, 4) is 18.1 Å². The van der Waals surface area contributed by atoms with Crippen molar-refractivity contribution in [2.75, 3.05) is 13.2 Å². The first kappa shape index (κ1) is 15.1. The van der Waals surface area contributed by atoms with Crippen LogP contribution in [-0.4, -0.2) is 13.2 Å². The molecule has 2 nitrogen and oxygen atoms in total. The van der Waals surface area contributed by atoms with E-state index in [-0.39, 0.29) is 0 Å². The molecule has 0 aromatic heterocycles. The highest BCUT2D eigenvalue weighted by atomic mass is 79.9. The van der Waals surface area contributed by atoms with E-state index in [1.807, 2.05) is 12.1 Å². The Kier molecular flexibility index (Phi) is 6.85. The van der Waals surface area contributed by atoms with E-state index in [0.29, 0.717) is 6.61 Å². The number of benzene rings is 1. The summed E-state index contributed by atoms with van der Waals surface area (Å²) in [4.78, 5) is 0. The lowest BCUT2D eigenvalue weighted by Crippen LogP contribution is -2.17. The van der Waals surface area contributed by atoms with E-state index in [9.17, 15) is 0 Å². The van der Waals surface area contributed by atoms with E-state index in [1.54, 1.807) is 0 Å². The molecule has 0 saturated carbocycles. The summed E-state index contributed by atoms with van der Waals surface area (Å²) in [5.41, 5.74) is 1.13. The fourth-order valence-corrected chi connectivity index (χ4v) is 1.97. The van der Waals surface area contributed by atoms with E-state index < -0.39 is 0 Å². The van der Waals surface area contributed by atoms with Crippen LogP contribution in [0.1, 0.15) is 25.8 Å². The van der Waals surface area contributed by atoms with Crippen LogP contribution >= 0.6 is 15.9 Å². The first-order valence-electron chi connectivity index (χ1n) is 6.19. The second kappa shape index (κ2) is 8.18. The lowest BCUT2D eigenvalue weighted by Gasteiger charge is -2.12. The van der Waals surface area contributed by atoms with Crippen molar-refractivity contribution in [1.29, 1.82) is 0 Å². The van der Waals surface area contributed by atoms with E-state index in [1.165, 1.54) is 6.42 Å². The molecule has 1 N–H and O–H groups in total. The SMILES string of the molecule is C#CCOc1ccc(Br)cc1CNCCC(C)C. The molecule has 1 aromatic carbocycles. The first-order chi connectivity index (χ1) is 8.63. The highest BCUT2D eigenvalue weighted by Gasteiger charge is 2.04. The molecule has 0 atom stereocenters. The second-order valence-corrected chi connectivity index (χ2v) is 5.52. The lowest BCUT2D eigenvalue weighted by atomic mass is 10.1. The number of terminal acetylenes is 1. The first-order valence-corrected chi connectivity index (χ1v) is 6.98. The maximum atomic E-state index is 5.52. The van der Waals surface area contributed by atoms with Crippen molar-refractivity contribution in [1.82, 2.24) is 5.32 Å². The van der Waals surface area contributed by atoms with Crippen LogP contribution in [-0.2, 0) is 6.54 Å². The van der Waals surface area contributed by atoms with Crippen molar-refractivity contribution in [2.45, 2.75) is 26.8 Å². The van der Waals surface area contributed by atoms with Gasteiger partial charge in [-0.3, -0.25) is 0 Å². The molecule has 18 heavy (non-hydrogen) atoms. The minimum atomic E-state index is 0.306. The summed E-state index contributed by atoms with van der Waals surface area (Å²) < 4.78 is 6.57. The Labute approximate surface area is 118 Å². The number of rotatable bonds is 7. The molecule has 0 heterocycles. The fourth-order valence-electron chi connectivity index (χ4n) is 1.56. The van der Waals surface area contributed by atoms with Gasteiger partial charge in [0.1, 0.15) is 12.4 Å². The summed E-state index contributed by atoms with van der Waals surface area (Å²) in [6, 6.07) is 5.97. The molecule has 0 amide bonds. The average Bonchev–Trinajstić information content (AvgIpc) is 2.33. The number of ether oxygens (including phenoxy) is 1. The smallest absolute Gasteiger partial charge is 0.148 e. The summed E-state index contributed by atoms with van der Waals surface area (Å²) in [5, 5.41) is 3.42. The summed E-state index contributed by atoms with van der Waals surface area (Å²) >= 11 is 3.47. The van der Waals surface area contributed by atoms with E-state index >= 15 is 0 Å². The molecule has 1 rings (SSSR count).